The molecule has 38 heavy (non-hydrogen) atoms. The van der Waals surface area contributed by atoms with E-state index in [4.69, 9.17) is 0 Å². The van der Waals surface area contributed by atoms with Gasteiger partial charge in [0.1, 0.15) is 5.82 Å². The van der Waals surface area contributed by atoms with Crippen LogP contribution in [0.2, 0.25) is 0 Å². The quantitative estimate of drug-likeness (QED) is 0.422. The van der Waals surface area contributed by atoms with E-state index in [1.807, 2.05) is 0 Å². The summed E-state index contributed by atoms with van der Waals surface area (Å²) in [4.78, 5) is 12.2. The number of amides is 1. The maximum absolute atomic E-state index is 13.5. The number of benzene rings is 3. The second kappa shape index (κ2) is 10.0. The van der Waals surface area contributed by atoms with Gasteiger partial charge in [-0.15, -0.1) is 0 Å². The van der Waals surface area contributed by atoms with Gasteiger partial charge >= 0.3 is 12.4 Å². The first-order valence-electron chi connectivity index (χ1n) is 11.1. The summed E-state index contributed by atoms with van der Waals surface area (Å²) in [5.41, 5.74) is -1.78. The van der Waals surface area contributed by atoms with Crippen molar-refractivity contribution in [1.82, 2.24) is 9.62 Å². The van der Waals surface area contributed by atoms with Crippen LogP contribution in [0.15, 0.2) is 77.7 Å². The molecule has 1 aliphatic heterocycles. The van der Waals surface area contributed by atoms with Crippen LogP contribution in [-0.4, -0.2) is 37.8 Å². The third-order valence-corrected chi connectivity index (χ3v) is 8.00. The van der Waals surface area contributed by atoms with Crippen LogP contribution in [0.1, 0.15) is 33.0 Å². The van der Waals surface area contributed by atoms with Gasteiger partial charge in [0.05, 0.1) is 22.1 Å². The molecule has 13 heteroatoms. The van der Waals surface area contributed by atoms with Gasteiger partial charge < -0.3 is 5.32 Å². The van der Waals surface area contributed by atoms with Gasteiger partial charge in [0, 0.05) is 24.6 Å². The Morgan fingerprint density at radius 2 is 1.42 bits per heavy atom. The van der Waals surface area contributed by atoms with Crippen LogP contribution in [0.3, 0.4) is 0 Å². The van der Waals surface area contributed by atoms with E-state index < -0.39 is 62.1 Å². The number of alkyl halides is 6. The van der Waals surface area contributed by atoms with Gasteiger partial charge in [-0.05, 0) is 60.2 Å². The molecule has 1 heterocycles. The van der Waals surface area contributed by atoms with Gasteiger partial charge in [0.2, 0.25) is 10.0 Å². The molecule has 0 radical (unpaired) electrons. The zero-order chi connectivity index (χ0) is 27.9. The standard InChI is InChI=1S/C25H19F7N2O3S/c26-19-10-6-15(7-11-19)21-13-34(38(36,37)20-3-1-2-18(12-20)25(30,31)32)14-22(21)33-23(35)16-4-8-17(9-5-16)24(27,28)29/h1-12,21-22H,13-14H2,(H,33,35)/t21-,22+/m0/s1. The highest BCUT2D eigenvalue weighted by atomic mass is 32.2. The molecule has 202 valence electrons. The second-order valence-electron chi connectivity index (χ2n) is 8.66. The summed E-state index contributed by atoms with van der Waals surface area (Å²) in [5, 5.41) is 2.61. The van der Waals surface area contributed by atoms with Crippen molar-refractivity contribution in [2.45, 2.75) is 29.2 Å². The lowest BCUT2D eigenvalue weighted by molar-refractivity contribution is -0.138. The number of sulfonamides is 1. The zero-order valence-electron chi connectivity index (χ0n) is 19.2. The molecule has 0 bridgehead atoms. The van der Waals surface area contributed by atoms with E-state index in [9.17, 15) is 43.9 Å². The Bertz CT molecular complexity index is 1420. The van der Waals surface area contributed by atoms with Crippen molar-refractivity contribution in [2.24, 2.45) is 0 Å². The molecular weight excluding hydrogens is 541 g/mol. The predicted molar refractivity (Wildman–Crippen MR) is 122 cm³/mol. The Labute approximate surface area is 212 Å². The molecule has 0 spiro atoms. The van der Waals surface area contributed by atoms with E-state index in [0.29, 0.717) is 11.6 Å². The Morgan fingerprint density at radius 3 is 2.00 bits per heavy atom. The van der Waals surface area contributed by atoms with Crippen LogP contribution in [0.5, 0.6) is 0 Å². The minimum Gasteiger partial charge on any atom is -0.347 e. The van der Waals surface area contributed by atoms with Crippen molar-refractivity contribution < 1.29 is 43.9 Å². The summed E-state index contributed by atoms with van der Waals surface area (Å²) in [7, 11) is -4.44. The van der Waals surface area contributed by atoms with E-state index in [-0.39, 0.29) is 18.7 Å². The predicted octanol–water partition coefficient (Wildman–Crippen LogP) is 5.45. The van der Waals surface area contributed by atoms with E-state index in [0.717, 1.165) is 58.9 Å². The summed E-state index contributed by atoms with van der Waals surface area (Å²) >= 11 is 0. The highest BCUT2D eigenvalue weighted by Crippen LogP contribution is 2.35. The lowest BCUT2D eigenvalue weighted by Crippen LogP contribution is -2.40. The molecule has 3 aromatic rings. The van der Waals surface area contributed by atoms with Crippen LogP contribution in [0.25, 0.3) is 0 Å². The lowest BCUT2D eigenvalue weighted by atomic mass is 9.94. The number of carbonyl (C=O) groups excluding carboxylic acids is 1. The van der Waals surface area contributed by atoms with Gasteiger partial charge in [-0.3, -0.25) is 4.79 Å². The maximum atomic E-state index is 13.5. The van der Waals surface area contributed by atoms with Crippen molar-refractivity contribution in [2.75, 3.05) is 13.1 Å². The number of hydrogen-bond donors (Lipinski definition) is 1. The molecule has 0 unspecified atom stereocenters. The van der Waals surface area contributed by atoms with E-state index >= 15 is 0 Å². The minimum absolute atomic E-state index is 0.116. The van der Waals surface area contributed by atoms with Crippen LogP contribution in [-0.2, 0) is 22.4 Å². The Morgan fingerprint density at radius 1 is 0.816 bits per heavy atom. The van der Waals surface area contributed by atoms with Gasteiger partial charge in [0.15, 0.2) is 0 Å². The summed E-state index contributed by atoms with van der Waals surface area (Å²) in [6.45, 7) is -0.588. The number of nitrogens with zero attached hydrogens (tertiary/aromatic N) is 1. The SMILES string of the molecule is O=C(N[C@@H]1CN(S(=O)(=O)c2cccc(C(F)(F)F)c2)C[C@H]1c1ccc(F)cc1)c1ccc(C(F)(F)F)cc1. The fourth-order valence-corrected chi connectivity index (χ4v) is 5.74. The van der Waals surface area contributed by atoms with Crippen LogP contribution < -0.4 is 5.32 Å². The number of hydrogen-bond acceptors (Lipinski definition) is 3. The lowest BCUT2D eigenvalue weighted by Gasteiger charge is -2.20. The average molecular weight is 560 g/mol. The number of carbonyl (C=O) groups is 1. The summed E-state index contributed by atoms with van der Waals surface area (Å²) in [5.74, 6) is -2.07. The van der Waals surface area contributed by atoms with E-state index in [2.05, 4.69) is 5.32 Å². The molecule has 3 aromatic carbocycles. The van der Waals surface area contributed by atoms with Crippen LogP contribution in [0.4, 0.5) is 30.7 Å². The summed E-state index contributed by atoms with van der Waals surface area (Å²) in [6.07, 6.45) is -9.38. The van der Waals surface area contributed by atoms with Crippen molar-refractivity contribution in [1.29, 1.82) is 0 Å². The molecule has 4 rings (SSSR count). The van der Waals surface area contributed by atoms with Crippen LogP contribution in [0, 0.1) is 5.82 Å². The second-order valence-corrected chi connectivity index (χ2v) is 10.6. The van der Waals surface area contributed by atoms with Crippen molar-refractivity contribution in [3.63, 3.8) is 0 Å². The molecule has 5 nitrogen and oxygen atoms in total. The summed E-state index contributed by atoms with van der Waals surface area (Å²) in [6, 6.07) is 10.7. The van der Waals surface area contributed by atoms with E-state index in [1.165, 1.54) is 12.1 Å². The van der Waals surface area contributed by atoms with Gasteiger partial charge in [0.25, 0.3) is 5.91 Å². The molecular formula is C25H19F7N2O3S. The summed E-state index contributed by atoms with van der Waals surface area (Å²) < 4.78 is 119. The zero-order valence-corrected chi connectivity index (χ0v) is 20.0. The Hall–Kier alpha value is -3.45. The van der Waals surface area contributed by atoms with Crippen molar-refractivity contribution in [3.8, 4) is 0 Å². The highest BCUT2D eigenvalue weighted by Gasteiger charge is 2.42. The molecule has 1 N–H and O–H groups in total. The fraction of sp³-hybridized carbons (Fsp3) is 0.240. The van der Waals surface area contributed by atoms with Crippen molar-refractivity contribution in [3.05, 3.63) is 101 Å². The largest absolute Gasteiger partial charge is 0.416 e. The molecule has 2 atom stereocenters. The average Bonchev–Trinajstić information content (AvgIpc) is 3.28. The Balaban J connectivity index is 1.63. The number of halogens is 7. The molecule has 1 fully saturated rings. The van der Waals surface area contributed by atoms with Crippen molar-refractivity contribution >= 4 is 15.9 Å². The van der Waals surface area contributed by atoms with Gasteiger partial charge in [-0.2, -0.15) is 30.6 Å². The maximum Gasteiger partial charge on any atom is 0.416 e. The molecule has 0 saturated carbocycles. The normalized spacial score (nSPS) is 18.9. The topological polar surface area (TPSA) is 66.5 Å². The minimum atomic E-state index is -4.77. The fourth-order valence-electron chi connectivity index (χ4n) is 4.20. The number of rotatable bonds is 5. The molecule has 1 aliphatic rings. The van der Waals surface area contributed by atoms with Gasteiger partial charge in [-0.1, -0.05) is 18.2 Å². The van der Waals surface area contributed by atoms with E-state index in [1.54, 1.807) is 0 Å². The first-order valence-corrected chi connectivity index (χ1v) is 12.5. The molecule has 1 saturated heterocycles. The van der Waals surface area contributed by atoms with Gasteiger partial charge in [-0.25, -0.2) is 12.8 Å². The first-order chi connectivity index (χ1) is 17.7. The monoisotopic (exact) mass is 560 g/mol. The number of nitrogens with one attached hydrogen (secondary N) is 1. The third-order valence-electron chi connectivity index (χ3n) is 6.17. The first kappa shape index (κ1) is 27.6. The smallest absolute Gasteiger partial charge is 0.347 e. The Kier molecular flexibility index (Phi) is 7.28. The highest BCUT2D eigenvalue weighted by molar-refractivity contribution is 7.89. The third kappa shape index (κ3) is 5.83. The molecule has 0 aromatic heterocycles. The molecule has 0 aliphatic carbocycles. The molecule has 1 amide bonds. The van der Waals surface area contributed by atoms with Crippen LogP contribution >= 0.6 is 0 Å².